The summed E-state index contributed by atoms with van der Waals surface area (Å²) in [6.07, 6.45) is 1.21. The number of benzene rings is 2. The van der Waals surface area contributed by atoms with Crippen LogP contribution in [0.25, 0.3) is 0 Å². The summed E-state index contributed by atoms with van der Waals surface area (Å²) in [6.45, 7) is 4.66. The second kappa shape index (κ2) is 7.15. The summed E-state index contributed by atoms with van der Waals surface area (Å²) < 4.78 is 5.73. The van der Waals surface area contributed by atoms with Gasteiger partial charge in [-0.25, -0.2) is 0 Å². The van der Waals surface area contributed by atoms with Crippen LogP contribution in [0.5, 0.6) is 5.75 Å². The summed E-state index contributed by atoms with van der Waals surface area (Å²) in [4.78, 5) is 25.6. The van der Waals surface area contributed by atoms with E-state index in [1.165, 1.54) is 6.07 Å². The first-order chi connectivity index (χ1) is 12.5. The minimum absolute atomic E-state index is 0.00494. The van der Waals surface area contributed by atoms with Crippen molar-refractivity contribution in [3.05, 3.63) is 64.2 Å². The fourth-order valence-electron chi connectivity index (χ4n) is 3.67. The molecule has 0 aliphatic carbocycles. The molecule has 0 saturated heterocycles. The quantitative estimate of drug-likeness (QED) is 0.555. The Hall–Kier alpha value is -2.89. The monoisotopic (exact) mass is 354 g/mol. The number of ether oxygens (including phenoxy) is 1. The molecule has 0 unspecified atom stereocenters. The Morgan fingerprint density at radius 1 is 1.12 bits per heavy atom. The van der Waals surface area contributed by atoms with E-state index in [9.17, 15) is 14.9 Å². The molecule has 1 amide bonds. The number of rotatable bonds is 7. The number of para-hydroxylation sites is 1. The first-order valence-electron chi connectivity index (χ1n) is 8.82. The number of hydrogen-bond acceptors (Lipinski definition) is 4. The molecule has 0 saturated carbocycles. The molecule has 6 heteroatoms. The Kier molecular flexibility index (Phi) is 4.93. The lowest BCUT2D eigenvalue weighted by atomic mass is 9.77. The van der Waals surface area contributed by atoms with Crippen LogP contribution in [0.2, 0.25) is 0 Å². The van der Waals surface area contributed by atoms with Gasteiger partial charge in [-0.3, -0.25) is 14.9 Å². The molecule has 1 aliphatic rings. The zero-order chi connectivity index (χ0) is 18.7. The third kappa shape index (κ3) is 2.92. The maximum absolute atomic E-state index is 13.2. The third-order valence-electron chi connectivity index (χ3n) is 5.19. The molecule has 2 aromatic rings. The number of anilines is 1. The third-order valence-corrected chi connectivity index (χ3v) is 5.19. The number of carbonyl (C=O) groups is 1. The summed E-state index contributed by atoms with van der Waals surface area (Å²) >= 11 is 0. The average Bonchev–Trinajstić information content (AvgIpc) is 2.90. The van der Waals surface area contributed by atoms with Gasteiger partial charge in [0.2, 0.25) is 5.91 Å². The molecule has 0 spiro atoms. The first-order valence-corrected chi connectivity index (χ1v) is 8.82. The molecule has 6 nitrogen and oxygen atoms in total. The van der Waals surface area contributed by atoms with E-state index in [0.717, 1.165) is 17.0 Å². The van der Waals surface area contributed by atoms with E-state index < -0.39 is 10.3 Å². The van der Waals surface area contributed by atoms with E-state index in [0.29, 0.717) is 26.0 Å². The number of non-ortho nitro benzene ring substituents is 1. The minimum atomic E-state index is -0.700. The summed E-state index contributed by atoms with van der Waals surface area (Å²) in [5, 5.41) is 11.2. The normalized spacial score (nSPS) is 15.0. The zero-order valence-corrected chi connectivity index (χ0v) is 15.0. The van der Waals surface area contributed by atoms with Crippen molar-refractivity contribution < 1.29 is 14.5 Å². The van der Waals surface area contributed by atoms with Crippen LogP contribution in [0.3, 0.4) is 0 Å². The van der Waals surface area contributed by atoms with E-state index in [-0.39, 0.29) is 11.6 Å². The second-order valence-corrected chi connectivity index (χ2v) is 6.37. The average molecular weight is 354 g/mol. The van der Waals surface area contributed by atoms with Crippen LogP contribution >= 0.6 is 0 Å². The standard InChI is InChI=1S/C20H22N2O4/c1-3-20(4-2)17-14-15(22(24)25)10-11-18(17)21(19(20)23)12-13-26-16-8-6-5-7-9-16/h5-11,14H,3-4,12-13H2,1-2H3. The van der Waals surface area contributed by atoms with Crippen LogP contribution in [0.1, 0.15) is 32.3 Å². The molecular weight excluding hydrogens is 332 g/mol. The first kappa shape index (κ1) is 17.9. The number of nitrogens with zero attached hydrogens (tertiary/aromatic N) is 2. The van der Waals surface area contributed by atoms with Gasteiger partial charge in [-0.15, -0.1) is 0 Å². The van der Waals surface area contributed by atoms with Crippen molar-refractivity contribution in [2.75, 3.05) is 18.1 Å². The molecule has 3 rings (SSSR count). The maximum Gasteiger partial charge on any atom is 0.269 e. The highest BCUT2D eigenvalue weighted by molar-refractivity contribution is 6.08. The topological polar surface area (TPSA) is 72.7 Å². The number of amides is 1. The summed E-state index contributed by atoms with van der Waals surface area (Å²) in [5.41, 5.74) is 0.821. The molecule has 1 aliphatic heterocycles. The van der Waals surface area contributed by atoms with Gasteiger partial charge in [0, 0.05) is 17.8 Å². The van der Waals surface area contributed by atoms with Crippen LogP contribution in [-0.4, -0.2) is 24.0 Å². The molecule has 0 fully saturated rings. The van der Waals surface area contributed by atoms with Crippen LogP contribution in [0, 0.1) is 10.1 Å². The van der Waals surface area contributed by atoms with Crippen molar-refractivity contribution in [3.63, 3.8) is 0 Å². The lowest BCUT2D eigenvalue weighted by Gasteiger charge is -2.26. The van der Waals surface area contributed by atoms with E-state index in [4.69, 9.17) is 4.74 Å². The number of nitro benzene ring substituents is 1. The second-order valence-electron chi connectivity index (χ2n) is 6.37. The smallest absolute Gasteiger partial charge is 0.269 e. The molecule has 0 aromatic heterocycles. The Balaban J connectivity index is 1.88. The molecule has 0 bridgehead atoms. The van der Waals surface area contributed by atoms with Crippen LogP contribution < -0.4 is 9.64 Å². The van der Waals surface area contributed by atoms with Gasteiger partial charge in [0.15, 0.2) is 0 Å². The number of carbonyl (C=O) groups excluding carboxylic acids is 1. The van der Waals surface area contributed by atoms with Gasteiger partial charge < -0.3 is 9.64 Å². The summed E-state index contributed by atoms with van der Waals surface area (Å²) in [7, 11) is 0. The Labute approximate surface area is 152 Å². The van der Waals surface area contributed by atoms with Crippen molar-refractivity contribution >= 4 is 17.3 Å². The van der Waals surface area contributed by atoms with E-state index in [1.54, 1.807) is 17.0 Å². The molecule has 2 aromatic carbocycles. The van der Waals surface area contributed by atoms with Gasteiger partial charge in [0.1, 0.15) is 12.4 Å². The fraction of sp³-hybridized carbons (Fsp3) is 0.350. The summed E-state index contributed by atoms with van der Waals surface area (Å²) in [5.74, 6) is 0.745. The molecule has 26 heavy (non-hydrogen) atoms. The number of hydrogen-bond donors (Lipinski definition) is 0. The maximum atomic E-state index is 13.2. The number of fused-ring (bicyclic) bond motifs is 1. The largest absolute Gasteiger partial charge is 0.492 e. The number of nitro groups is 1. The van der Waals surface area contributed by atoms with Crippen molar-refractivity contribution in [1.29, 1.82) is 0 Å². The van der Waals surface area contributed by atoms with Crippen LogP contribution in [0.15, 0.2) is 48.5 Å². The predicted molar refractivity (Wildman–Crippen MR) is 99.6 cm³/mol. The van der Waals surface area contributed by atoms with E-state index in [2.05, 4.69) is 0 Å². The van der Waals surface area contributed by atoms with Crippen LogP contribution in [-0.2, 0) is 10.2 Å². The predicted octanol–water partition coefficient (Wildman–Crippen LogP) is 4.08. The minimum Gasteiger partial charge on any atom is -0.492 e. The van der Waals surface area contributed by atoms with E-state index >= 15 is 0 Å². The van der Waals surface area contributed by atoms with E-state index in [1.807, 2.05) is 44.2 Å². The van der Waals surface area contributed by atoms with Gasteiger partial charge in [-0.05, 0) is 36.6 Å². The SMILES string of the molecule is CCC1(CC)C(=O)N(CCOc2ccccc2)c2ccc([N+](=O)[O-])cc21. The van der Waals surface area contributed by atoms with Gasteiger partial charge in [0.25, 0.3) is 5.69 Å². The van der Waals surface area contributed by atoms with Crippen molar-refractivity contribution in [2.24, 2.45) is 0 Å². The Bertz CT molecular complexity index is 816. The van der Waals surface area contributed by atoms with Crippen molar-refractivity contribution in [2.45, 2.75) is 32.1 Å². The molecule has 0 atom stereocenters. The highest BCUT2D eigenvalue weighted by Crippen LogP contribution is 2.47. The lowest BCUT2D eigenvalue weighted by Crippen LogP contribution is -2.41. The molecular formula is C20H22N2O4. The van der Waals surface area contributed by atoms with Gasteiger partial charge in [-0.1, -0.05) is 32.0 Å². The van der Waals surface area contributed by atoms with Gasteiger partial charge >= 0.3 is 0 Å². The Morgan fingerprint density at radius 3 is 2.42 bits per heavy atom. The highest BCUT2D eigenvalue weighted by atomic mass is 16.6. The lowest BCUT2D eigenvalue weighted by molar-refractivity contribution is -0.384. The van der Waals surface area contributed by atoms with Gasteiger partial charge in [0.05, 0.1) is 16.9 Å². The zero-order valence-electron chi connectivity index (χ0n) is 15.0. The highest BCUT2D eigenvalue weighted by Gasteiger charge is 2.48. The van der Waals surface area contributed by atoms with Gasteiger partial charge in [-0.2, -0.15) is 0 Å². The summed E-state index contributed by atoms with van der Waals surface area (Å²) in [6, 6.07) is 14.1. The molecule has 0 radical (unpaired) electrons. The molecule has 0 N–H and O–H groups in total. The Morgan fingerprint density at radius 2 is 1.81 bits per heavy atom. The molecule has 1 heterocycles. The van der Waals surface area contributed by atoms with Crippen molar-refractivity contribution in [1.82, 2.24) is 0 Å². The van der Waals surface area contributed by atoms with Crippen molar-refractivity contribution in [3.8, 4) is 5.75 Å². The van der Waals surface area contributed by atoms with Crippen LogP contribution in [0.4, 0.5) is 11.4 Å². The molecule has 136 valence electrons. The fourth-order valence-corrected chi connectivity index (χ4v) is 3.67.